The summed E-state index contributed by atoms with van der Waals surface area (Å²) in [4.78, 5) is 16.3. The van der Waals surface area contributed by atoms with E-state index in [-0.39, 0.29) is 12.1 Å². The van der Waals surface area contributed by atoms with Gasteiger partial charge < -0.3 is 9.57 Å². The van der Waals surface area contributed by atoms with E-state index in [1.54, 1.807) is 24.3 Å². The smallest absolute Gasteiger partial charge is 0.356 e. The molecule has 1 saturated heterocycles. The largest absolute Gasteiger partial charge is 0.377 e. The van der Waals surface area contributed by atoms with Gasteiger partial charge in [0.2, 0.25) is 0 Å². The molecule has 0 amide bonds. The summed E-state index contributed by atoms with van der Waals surface area (Å²) in [6, 6.07) is 8.87. The van der Waals surface area contributed by atoms with Gasteiger partial charge in [-0.1, -0.05) is 18.2 Å². The number of rotatable bonds is 4. The van der Waals surface area contributed by atoms with Gasteiger partial charge in [0.1, 0.15) is 0 Å². The second-order valence-electron chi connectivity index (χ2n) is 3.39. The molecule has 1 heterocycles. The van der Waals surface area contributed by atoms with Crippen LogP contribution in [0.15, 0.2) is 30.3 Å². The summed E-state index contributed by atoms with van der Waals surface area (Å²) in [5.41, 5.74) is 3.15. The van der Waals surface area contributed by atoms with Crippen LogP contribution in [0, 0.1) is 0 Å². The summed E-state index contributed by atoms with van der Waals surface area (Å²) >= 11 is 0. The van der Waals surface area contributed by atoms with Crippen LogP contribution in [0.4, 0.5) is 0 Å². The molecule has 0 spiro atoms. The molecule has 1 aromatic carbocycles. The van der Waals surface area contributed by atoms with Gasteiger partial charge in [0, 0.05) is 6.61 Å². The zero-order valence-corrected chi connectivity index (χ0v) is 8.31. The first kappa shape index (κ1) is 10.1. The number of hydroxylamine groups is 1. The van der Waals surface area contributed by atoms with E-state index in [1.807, 2.05) is 6.07 Å². The van der Waals surface area contributed by atoms with Gasteiger partial charge >= 0.3 is 5.97 Å². The van der Waals surface area contributed by atoms with Crippen LogP contribution in [0.25, 0.3) is 0 Å². The molecule has 80 valence electrons. The lowest BCUT2D eigenvalue weighted by Gasteiger charge is -2.25. The van der Waals surface area contributed by atoms with Gasteiger partial charge in [-0.05, 0) is 18.6 Å². The van der Waals surface area contributed by atoms with Gasteiger partial charge in [0.25, 0.3) is 0 Å². The number of hydrogen-bond donors (Lipinski definition) is 1. The number of ether oxygens (including phenoxy) is 1. The highest BCUT2D eigenvalue weighted by atomic mass is 16.7. The Balaban J connectivity index is 1.72. The Kier molecular flexibility index (Phi) is 3.32. The Morgan fingerprint density at radius 1 is 1.47 bits per heavy atom. The molecule has 1 atom stereocenters. The minimum Gasteiger partial charge on any atom is -0.377 e. The van der Waals surface area contributed by atoms with Gasteiger partial charge in [0.05, 0.1) is 18.2 Å². The second kappa shape index (κ2) is 4.91. The molecule has 1 N–H and O–H groups in total. The number of benzene rings is 1. The first-order valence-corrected chi connectivity index (χ1v) is 4.97. The molecule has 0 aliphatic carbocycles. The molecule has 0 unspecified atom stereocenters. The fourth-order valence-corrected chi connectivity index (χ4v) is 1.28. The average Bonchev–Trinajstić information content (AvgIpc) is 2.23. The summed E-state index contributed by atoms with van der Waals surface area (Å²) in [7, 11) is 0. The fourth-order valence-electron chi connectivity index (χ4n) is 1.28. The minimum atomic E-state index is -0.366. The number of nitrogens with one attached hydrogen (secondary N) is 1. The second-order valence-corrected chi connectivity index (χ2v) is 3.39. The van der Waals surface area contributed by atoms with Crippen molar-refractivity contribution < 1.29 is 14.4 Å². The zero-order valence-electron chi connectivity index (χ0n) is 8.31. The van der Waals surface area contributed by atoms with E-state index in [4.69, 9.17) is 9.57 Å². The molecule has 2 rings (SSSR count). The lowest BCUT2D eigenvalue weighted by atomic mass is 10.2. The summed E-state index contributed by atoms with van der Waals surface area (Å²) in [5, 5.41) is 0. The highest BCUT2D eigenvalue weighted by molar-refractivity contribution is 5.89. The summed E-state index contributed by atoms with van der Waals surface area (Å²) in [6.45, 7) is 1.36. The SMILES string of the molecule is O=C(ONC[C@@H]1CCO1)c1ccccc1. The molecule has 0 saturated carbocycles. The molecule has 4 nitrogen and oxygen atoms in total. The van der Waals surface area contributed by atoms with Crippen molar-refractivity contribution in [2.75, 3.05) is 13.2 Å². The van der Waals surface area contributed by atoms with Crippen LogP contribution in [-0.2, 0) is 9.57 Å². The van der Waals surface area contributed by atoms with E-state index in [1.165, 1.54) is 0 Å². The summed E-state index contributed by atoms with van der Waals surface area (Å²) in [6.07, 6.45) is 1.21. The van der Waals surface area contributed by atoms with Crippen molar-refractivity contribution in [1.82, 2.24) is 5.48 Å². The van der Waals surface area contributed by atoms with Gasteiger partial charge in [0.15, 0.2) is 0 Å². The molecule has 4 heteroatoms. The van der Waals surface area contributed by atoms with Crippen LogP contribution < -0.4 is 5.48 Å². The van der Waals surface area contributed by atoms with Crippen molar-refractivity contribution in [3.63, 3.8) is 0 Å². The highest BCUT2D eigenvalue weighted by Gasteiger charge is 2.18. The fraction of sp³-hybridized carbons (Fsp3) is 0.364. The molecule has 1 aliphatic rings. The maximum absolute atomic E-state index is 11.4. The van der Waals surface area contributed by atoms with Crippen LogP contribution in [0.1, 0.15) is 16.8 Å². The van der Waals surface area contributed by atoms with Crippen LogP contribution in [0.2, 0.25) is 0 Å². The van der Waals surface area contributed by atoms with Gasteiger partial charge in [-0.3, -0.25) is 0 Å². The Bertz CT molecular complexity index is 322. The van der Waals surface area contributed by atoms with E-state index in [0.717, 1.165) is 13.0 Å². The number of hydrogen-bond acceptors (Lipinski definition) is 4. The van der Waals surface area contributed by atoms with E-state index >= 15 is 0 Å². The predicted molar refractivity (Wildman–Crippen MR) is 54.2 cm³/mol. The van der Waals surface area contributed by atoms with Crippen molar-refractivity contribution in [3.05, 3.63) is 35.9 Å². The van der Waals surface area contributed by atoms with Crippen molar-refractivity contribution in [3.8, 4) is 0 Å². The van der Waals surface area contributed by atoms with E-state index in [0.29, 0.717) is 12.1 Å². The number of carbonyl (C=O) groups excluding carboxylic acids is 1. The van der Waals surface area contributed by atoms with Crippen molar-refractivity contribution in [2.24, 2.45) is 0 Å². The highest BCUT2D eigenvalue weighted by Crippen LogP contribution is 2.09. The molecule has 0 aromatic heterocycles. The summed E-state index contributed by atoms with van der Waals surface area (Å²) in [5.74, 6) is -0.366. The van der Waals surface area contributed by atoms with E-state index in [2.05, 4.69) is 5.48 Å². The van der Waals surface area contributed by atoms with Crippen LogP contribution in [-0.4, -0.2) is 25.2 Å². The molecule has 1 fully saturated rings. The Morgan fingerprint density at radius 2 is 2.20 bits per heavy atom. The van der Waals surface area contributed by atoms with Crippen molar-refractivity contribution in [1.29, 1.82) is 0 Å². The molecular formula is C11H13NO3. The third-order valence-corrected chi connectivity index (χ3v) is 2.28. The molecule has 0 bridgehead atoms. The molecule has 0 radical (unpaired) electrons. The zero-order chi connectivity index (χ0) is 10.5. The normalized spacial score (nSPS) is 19.3. The van der Waals surface area contributed by atoms with Gasteiger partial charge in [-0.15, -0.1) is 0 Å². The van der Waals surface area contributed by atoms with Gasteiger partial charge in [-0.2, -0.15) is 5.48 Å². The third-order valence-electron chi connectivity index (χ3n) is 2.28. The quantitative estimate of drug-likeness (QED) is 0.752. The Morgan fingerprint density at radius 3 is 2.80 bits per heavy atom. The standard InChI is InChI=1S/C11H13NO3/c13-11(9-4-2-1-3-5-9)15-12-8-10-6-7-14-10/h1-5,10,12H,6-8H2/t10-/m0/s1. The van der Waals surface area contributed by atoms with Crippen LogP contribution in [0.3, 0.4) is 0 Å². The van der Waals surface area contributed by atoms with Crippen LogP contribution in [0.5, 0.6) is 0 Å². The Labute approximate surface area is 88.1 Å². The molecule has 15 heavy (non-hydrogen) atoms. The van der Waals surface area contributed by atoms with E-state index < -0.39 is 0 Å². The first-order valence-electron chi connectivity index (χ1n) is 4.97. The molecule has 1 aliphatic heterocycles. The Hall–Kier alpha value is -1.39. The minimum absolute atomic E-state index is 0.188. The maximum atomic E-state index is 11.4. The van der Waals surface area contributed by atoms with Crippen LogP contribution >= 0.6 is 0 Å². The molecule has 1 aromatic rings. The molecular weight excluding hydrogens is 194 g/mol. The monoisotopic (exact) mass is 207 g/mol. The summed E-state index contributed by atoms with van der Waals surface area (Å²) < 4.78 is 5.16. The lowest BCUT2D eigenvalue weighted by Crippen LogP contribution is -2.38. The first-order chi connectivity index (χ1) is 7.36. The van der Waals surface area contributed by atoms with E-state index in [9.17, 15) is 4.79 Å². The predicted octanol–water partition coefficient (Wildman–Crippen LogP) is 1.14. The van der Waals surface area contributed by atoms with Gasteiger partial charge in [-0.25, -0.2) is 4.79 Å². The lowest BCUT2D eigenvalue weighted by molar-refractivity contribution is -0.0680. The van der Waals surface area contributed by atoms with Crippen molar-refractivity contribution >= 4 is 5.97 Å². The maximum Gasteiger partial charge on any atom is 0.356 e. The average molecular weight is 207 g/mol. The topological polar surface area (TPSA) is 47.6 Å². The van der Waals surface area contributed by atoms with Crippen molar-refractivity contribution in [2.45, 2.75) is 12.5 Å². The number of carbonyl (C=O) groups is 1. The third kappa shape index (κ3) is 2.78.